The maximum absolute atomic E-state index is 12.4. The average Bonchev–Trinajstić information content (AvgIpc) is 2.70. The van der Waals surface area contributed by atoms with Crippen molar-refractivity contribution in [2.45, 2.75) is 31.0 Å². The van der Waals surface area contributed by atoms with Crippen LogP contribution in [0.1, 0.15) is 26.7 Å². The summed E-state index contributed by atoms with van der Waals surface area (Å²) in [6, 6.07) is 7.56. The summed E-state index contributed by atoms with van der Waals surface area (Å²) in [5.74, 6) is 0.544. The smallest absolute Gasteiger partial charge is 0.210 e. The fourth-order valence-electron chi connectivity index (χ4n) is 2.99. The van der Waals surface area contributed by atoms with E-state index in [1.165, 1.54) is 11.3 Å². The summed E-state index contributed by atoms with van der Waals surface area (Å²) < 4.78 is 25.9. The second-order valence-corrected chi connectivity index (χ2v) is 9.41. The van der Waals surface area contributed by atoms with Crippen LogP contribution in [0.25, 0.3) is 10.2 Å². The van der Waals surface area contributed by atoms with Gasteiger partial charge in [-0.1, -0.05) is 26.0 Å². The Hall–Kier alpha value is -0.940. The van der Waals surface area contributed by atoms with E-state index in [9.17, 15) is 8.42 Å². The molecule has 0 atom stereocenters. The van der Waals surface area contributed by atoms with Crippen LogP contribution in [0.15, 0.2) is 28.6 Å². The van der Waals surface area contributed by atoms with E-state index in [1.807, 2.05) is 24.3 Å². The van der Waals surface area contributed by atoms with Crippen LogP contribution in [0.3, 0.4) is 0 Å². The number of para-hydroxylation sites is 1. The van der Waals surface area contributed by atoms with Crippen molar-refractivity contribution in [1.29, 1.82) is 0 Å². The summed E-state index contributed by atoms with van der Waals surface area (Å²) in [6.45, 7) is 4.38. The second-order valence-electron chi connectivity index (χ2n) is 6.17. The molecule has 1 aromatic carbocycles. The van der Waals surface area contributed by atoms with Gasteiger partial charge in [0.05, 0.1) is 16.0 Å². The van der Waals surface area contributed by atoms with E-state index in [-0.39, 0.29) is 10.1 Å². The van der Waals surface area contributed by atoms with Crippen LogP contribution < -0.4 is 0 Å². The van der Waals surface area contributed by atoms with Crippen molar-refractivity contribution in [2.24, 2.45) is 11.3 Å². The van der Waals surface area contributed by atoms with Gasteiger partial charge < -0.3 is 0 Å². The van der Waals surface area contributed by atoms with Crippen molar-refractivity contribution < 1.29 is 8.42 Å². The van der Waals surface area contributed by atoms with Gasteiger partial charge in [-0.25, -0.2) is 13.4 Å². The number of nitrogens with zero attached hydrogens (tertiary/aromatic N) is 1. The molecule has 1 aliphatic rings. The molecule has 1 heterocycles. The zero-order valence-electron chi connectivity index (χ0n) is 11.1. The molecule has 3 rings (SSSR count). The minimum atomic E-state index is -3.22. The van der Waals surface area contributed by atoms with Crippen LogP contribution in [0.2, 0.25) is 0 Å². The number of rotatable bonds is 3. The molecular formula is C14H17NO2S2. The standard InChI is InChI=1S/C14H17NO2S2/c1-14(2)7-10(8-14)9-19(16,17)13-15-11-5-3-4-6-12(11)18-13/h3-6,10H,7-9H2,1-2H3. The normalized spacial score (nSPS) is 19.5. The number of sulfone groups is 1. The molecule has 0 saturated heterocycles. The van der Waals surface area contributed by atoms with Crippen LogP contribution >= 0.6 is 11.3 Å². The summed E-state index contributed by atoms with van der Waals surface area (Å²) in [4.78, 5) is 4.26. The number of hydrogen-bond donors (Lipinski definition) is 0. The van der Waals surface area contributed by atoms with Gasteiger partial charge in [0.25, 0.3) is 0 Å². The lowest BCUT2D eigenvalue weighted by atomic mass is 9.65. The predicted octanol–water partition coefficient (Wildman–Crippen LogP) is 3.51. The van der Waals surface area contributed by atoms with E-state index in [2.05, 4.69) is 18.8 Å². The first kappa shape index (κ1) is 13.1. The molecule has 0 N–H and O–H groups in total. The molecular weight excluding hydrogens is 278 g/mol. The lowest BCUT2D eigenvalue weighted by Crippen LogP contribution is -2.35. The van der Waals surface area contributed by atoms with Crippen molar-refractivity contribution >= 4 is 31.4 Å². The fraction of sp³-hybridized carbons (Fsp3) is 0.500. The number of fused-ring (bicyclic) bond motifs is 1. The van der Waals surface area contributed by atoms with Gasteiger partial charge in [-0.15, -0.1) is 11.3 Å². The highest BCUT2D eigenvalue weighted by atomic mass is 32.2. The molecule has 102 valence electrons. The van der Waals surface area contributed by atoms with Gasteiger partial charge in [-0.2, -0.15) is 0 Å². The molecule has 1 saturated carbocycles. The van der Waals surface area contributed by atoms with Crippen molar-refractivity contribution in [2.75, 3.05) is 5.75 Å². The number of aromatic nitrogens is 1. The topological polar surface area (TPSA) is 47.0 Å². The molecule has 5 heteroatoms. The van der Waals surface area contributed by atoms with Gasteiger partial charge in [0, 0.05) is 0 Å². The SMILES string of the molecule is CC1(C)CC(CS(=O)(=O)c2nc3ccccc3s2)C1. The van der Waals surface area contributed by atoms with E-state index in [1.54, 1.807) is 0 Å². The number of hydrogen-bond acceptors (Lipinski definition) is 4. The predicted molar refractivity (Wildman–Crippen MR) is 78.2 cm³/mol. The highest BCUT2D eigenvalue weighted by molar-refractivity contribution is 7.93. The van der Waals surface area contributed by atoms with Crippen molar-refractivity contribution in [3.8, 4) is 0 Å². The third-order valence-corrected chi connectivity index (χ3v) is 7.05. The number of thiazole rings is 1. The van der Waals surface area contributed by atoms with E-state index in [0.717, 1.165) is 23.1 Å². The van der Waals surface area contributed by atoms with Crippen LogP contribution in [-0.2, 0) is 9.84 Å². The minimum Gasteiger partial charge on any atom is -0.225 e. The molecule has 2 aromatic rings. The van der Waals surface area contributed by atoms with Gasteiger partial charge >= 0.3 is 0 Å². The van der Waals surface area contributed by atoms with Gasteiger partial charge in [-0.3, -0.25) is 0 Å². The monoisotopic (exact) mass is 295 g/mol. The Morgan fingerprint density at radius 2 is 2.00 bits per heavy atom. The first-order valence-corrected chi connectivity index (χ1v) is 8.91. The summed E-state index contributed by atoms with van der Waals surface area (Å²) >= 11 is 1.28. The summed E-state index contributed by atoms with van der Waals surface area (Å²) in [5, 5.41) is 0. The van der Waals surface area contributed by atoms with Crippen LogP contribution in [0.4, 0.5) is 0 Å². The van der Waals surface area contributed by atoms with Gasteiger partial charge in [-0.05, 0) is 36.3 Å². The maximum atomic E-state index is 12.4. The minimum absolute atomic E-state index is 0.246. The highest BCUT2D eigenvalue weighted by Gasteiger charge is 2.39. The highest BCUT2D eigenvalue weighted by Crippen LogP contribution is 2.45. The largest absolute Gasteiger partial charge is 0.225 e. The van der Waals surface area contributed by atoms with Crippen LogP contribution in [-0.4, -0.2) is 19.2 Å². The maximum Gasteiger partial charge on any atom is 0.210 e. The van der Waals surface area contributed by atoms with E-state index < -0.39 is 9.84 Å². The molecule has 0 spiro atoms. The van der Waals surface area contributed by atoms with Crippen LogP contribution in [0, 0.1) is 11.3 Å². The summed E-state index contributed by atoms with van der Waals surface area (Å²) in [7, 11) is -3.22. The molecule has 0 radical (unpaired) electrons. The molecule has 19 heavy (non-hydrogen) atoms. The zero-order valence-corrected chi connectivity index (χ0v) is 12.7. The van der Waals surface area contributed by atoms with Crippen LogP contribution in [0.5, 0.6) is 0 Å². The number of benzene rings is 1. The van der Waals surface area contributed by atoms with Gasteiger partial charge in [0.1, 0.15) is 0 Å². The Kier molecular flexibility index (Phi) is 2.94. The Morgan fingerprint density at radius 3 is 2.63 bits per heavy atom. The van der Waals surface area contributed by atoms with E-state index in [4.69, 9.17) is 0 Å². The first-order chi connectivity index (χ1) is 8.86. The van der Waals surface area contributed by atoms with Gasteiger partial charge in [0.2, 0.25) is 14.2 Å². The Morgan fingerprint density at radius 1 is 1.32 bits per heavy atom. The fourth-order valence-corrected chi connectivity index (χ4v) is 5.90. The second kappa shape index (κ2) is 4.28. The van der Waals surface area contributed by atoms with E-state index >= 15 is 0 Å². The molecule has 3 nitrogen and oxygen atoms in total. The van der Waals surface area contributed by atoms with Crippen molar-refractivity contribution in [3.63, 3.8) is 0 Å². The quantitative estimate of drug-likeness (QED) is 0.870. The Balaban J connectivity index is 1.84. The molecule has 1 aliphatic carbocycles. The third kappa shape index (κ3) is 2.54. The average molecular weight is 295 g/mol. The zero-order chi connectivity index (χ0) is 13.7. The van der Waals surface area contributed by atoms with Crippen molar-refractivity contribution in [1.82, 2.24) is 4.98 Å². The molecule has 1 aromatic heterocycles. The molecule has 0 bridgehead atoms. The molecule has 0 aliphatic heterocycles. The lowest BCUT2D eigenvalue weighted by molar-refractivity contribution is 0.113. The molecule has 1 fully saturated rings. The van der Waals surface area contributed by atoms with Crippen molar-refractivity contribution in [3.05, 3.63) is 24.3 Å². The Bertz CT molecular complexity index is 675. The Labute approximate surface area is 117 Å². The van der Waals surface area contributed by atoms with Gasteiger partial charge in [0.15, 0.2) is 0 Å². The molecule has 0 unspecified atom stereocenters. The summed E-state index contributed by atoms with van der Waals surface area (Å²) in [5.41, 5.74) is 1.09. The lowest BCUT2D eigenvalue weighted by Gasteiger charge is -2.42. The summed E-state index contributed by atoms with van der Waals surface area (Å²) in [6.07, 6.45) is 1.99. The molecule has 0 amide bonds. The van der Waals surface area contributed by atoms with E-state index in [0.29, 0.717) is 11.3 Å². The first-order valence-electron chi connectivity index (χ1n) is 6.44. The third-order valence-electron chi connectivity index (χ3n) is 3.68.